The van der Waals surface area contributed by atoms with Crippen molar-refractivity contribution in [2.24, 2.45) is 0 Å². The van der Waals surface area contributed by atoms with E-state index in [1.54, 1.807) is 31.4 Å². The fourth-order valence-electron chi connectivity index (χ4n) is 2.65. The minimum absolute atomic E-state index is 0.149. The molecule has 0 saturated heterocycles. The van der Waals surface area contributed by atoms with Crippen LogP contribution in [0.25, 0.3) is 11.4 Å². The molecule has 0 fully saturated rings. The second-order valence-corrected chi connectivity index (χ2v) is 6.51. The normalized spacial score (nSPS) is 10.9. The van der Waals surface area contributed by atoms with Gasteiger partial charge in [0.15, 0.2) is 0 Å². The number of carbonyl (C=O) groups is 1. The second-order valence-electron chi connectivity index (χ2n) is 6.07. The molecule has 0 aliphatic heterocycles. The van der Waals surface area contributed by atoms with Gasteiger partial charge >= 0.3 is 0 Å². The van der Waals surface area contributed by atoms with Gasteiger partial charge in [-0.2, -0.15) is 4.98 Å². The SMILES string of the molecule is CCN(CC(=O)Nc1ccccc1OC)Cc1nc(-c2ccc(Cl)cc2)no1. The number of hydrogen-bond donors (Lipinski definition) is 1. The number of ether oxygens (including phenoxy) is 1. The molecule has 0 bridgehead atoms. The summed E-state index contributed by atoms with van der Waals surface area (Å²) in [6.07, 6.45) is 0. The highest BCUT2D eigenvalue weighted by atomic mass is 35.5. The average Bonchev–Trinajstić information content (AvgIpc) is 3.17. The number of carbonyl (C=O) groups excluding carboxylic acids is 1. The largest absolute Gasteiger partial charge is 0.495 e. The van der Waals surface area contributed by atoms with E-state index < -0.39 is 0 Å². The summed E-state index contributed by atoms with van der Waals surface area (Å²) < 4.78 is 10.6. The highest BCUT2D eigenvalue weighted by molar-refractivity contribution is 6.30. The lowest BCUT2D eigenvalue weighted by Gasteiger charge is -2.18. The Balaban J connectivity index is 1.61. The van der Waals surface area contributed by atoms with Crippen LogP contribution in [0.4, 0.5) is 5.69 Å². The van der Waals surface area contributed by atoms with Crippen LogP contribution in [0.15, 0.2) is 53.1 Å². The summed E-state index contributed by atoms with van der Waals surface area (Å²) in [5.41, 5.74) is 1.45. The first-order chi connectivity index (χ1) is 13.6. The summed E-state index contributed by atoms with van der Waals surface area (Å²) >= 11 is 5.90. The summed E-state index contributed by atoms with van der Waals surface area (Å²) in [5.74, 6) is 1.39. The Morgan fingerprint density at radius 2 is 1.96 bits per heavy atom. The van der Waals surface area contributed by atoms with Crippen LogP contribution in [-0.2, 0) is 11.3 Å². The van der Waals surface area contributed by atoms with Crippen LogP contribution in [0.1, 0.15) is 12.8 Å². The molecule has 0 aliphatic carbocycles. The van der Waals surface area contributed by atoms with Crippen molar-refractivity contribution in [2.75, 3.05) is 25.5 Å². The van der Waals surface area contributed by atoms with Gasteiger partial charge in [0, 0.05) is 10.6 Å². The van der Waals surface area contributed by atoms with Crippen molar-refractivity contribution in [1.82, 2.24) is 15.0 Å². The minimum Gasteiger partial charge on any atom is -0.495 e. The number of amides is 1. The Morgan fingerprint density at radius 1 is 1.21 bits per heavy atom. The number of aromatic nitrogens is 2. The predicted octanol–water partition coefficient (Wildman–Crippen LogP) is 3.86. The molecule has 146 valence electrons. The number of likely N-dealkylation sites (N-methyl/N-ethyl adjacent to an activating group) is 1. The zero-order valence-electron chi connectivity index (χ0n) is 15.7. The molecule has 0 saturated carbocycles. The molecule has 1 heterocycles. The second kappa shape index (κ2) is 9.34. The number of nitrogens with zero attached hydrogens (tertiary/aromatic N) is 3. The van der Waals surface area contributed by atoms with E-state index in [1.165, 1.54) is 0 Å². The molecule has 7 nitrogen and oxygen atoms in total. The fourth-order valence-corrected chi connectivity index (χ4v) is 2.77. The van der Waals surface area contributed by atoms with Crippen LogP contribution < -0.4 is 10.1 Å². The Kier molecular flexibility index (Phi) is 6.62. The molecule has 3 rings (SSSR count). The van der Waals surface area contributed by atoms with Crippen molar-refractivity contribution in [1.29, 1.82) is 0 Å². The molecular weight excluding hydrogens is 380 g/mol. The maximum Gasteiger partial charge on any atom is 0.241 e. The lowest BCUT2D eigenvalue weighted by Crippen LogP contribution is -2.33. The number of halogens is 1. The molecule has 8 heteroatoms. The zero-order valence-corrected chi connectivity index (χ0v) is 16.4. The number of anilines is 1. The number of methoxy groups -OCH3 is 1. The molecule has 28 heavy (non-hydrogen) atoms. The Hall–Kier alpha value is -2.90. The van der Waals surface area contributed by atoms with Gasteiger partial charge in [0.25, 0.3) is 0 Å². The summed E-state index contributed by atoms with van der Waals surface area (Å²) in [6.45, 7) is 3.18. The third kappa shape index (κ3) is 5.09. The molecule has 0 unspecified atom stereocenters. The van der Waals surface area contributed by atoms with Gasteiger partial charge in [-0.05, 0) is 42.9 Å². The van der Waals surface area contributed by atoms with Gasteiger partial charge in [0.1, 0.15) is 5.75 Å². The smallest absolute Gasteiger partial charge is 0.241 e. The van der Waals surface area contributed by atoms with E-state index >= 15 is 0 Å². The van der Waals surface area contributed by atoms with Crippen LogP contribution in [0.2, 0.25) is 5.02 Å². The average molecular weight is 401 g/mol. The van der Waals surface area contributed by atoms with Crippen molar-refractivity contribution in [2.45, 2.75) is 13.5 Å². The van der Waals surface area contributed by atoms with Gasteiger partial charge in [-0.1, -0.05) is 35.8 Å². The zero-order chi connectivity index (χ0) is 19.9. The first-order valence-corrected chi connectivity index (χ1v) is 9.20. The molecule has 3 aromatic rings. The van der Waals surface area contributed by atoms with Crippen LogP contribution >= 0.6 is 11.6 Å². The fraction of sp³-hybridized carbons (Fsp3) is 0.250. The van der Waals surface area contributed by atoms with E-state index in [4.69, 9.17) is 20.9 Å². The van der Waals surface area contributed by atoms with E-state index in [-0.39, 0.29) is 12.5 Å². The summed E-state index contributed by atoms with van der Waals surface area (Å²) in [4.78, 5) is 18.7. The molecule has 0 atom stereocenters. The molecule has 1 amide bonds. The van der Waals surface area contributed by atoms with Gasteiger partial charge in [0.05, 0.1) is 25.9 Å². The van der Waals surface area contributed by atoms with Gasteiger partial charge in [0.2, 0.25) is 17.6 Å². The number of rotatable bonds is 8. The van der Waals surface area contributed by atoms with Crippen LogP contribution in [0.3, 0.4) is 0 Å². The van der Waals surface area contributed by atoms with E-state index in [0.717, 1.165) is 5.56 Å². The van der Waals surface area contributed by atoms with Crippen LogP contribution in [0.5, 0.6) is 5.75 Å². The number of para-hydroxylation sites is 2. The Bertz CT molecular complexity index is 927. The van der Waals surface area contributed by atoms with Gasteiger partial charge in [-0.15, -0.1) is 0 Å². The lowest BCUT2D eigenvalue weighted by atomic mass is 10.2. The Morgan fingerprint density at radius 3 is 2.68 bits per heavy atom. The number of nitrogens with one attached hydrogen (secondary N) is 1. The first kappa shape index (κ1) is 19.9. The highest BCUT2D eigenvalue weighted by Crippen LogP contribution is 2.23. The molecule has 1 N–H and O–H groups in total. The highest BCUT2D eigenvalue weighted by Gasteiger charge is 2.16. The third-order valence-corrected chi connectivity index (χ3v) is 4.38. The monoisotopic (exact) mass is 400 g/mol. The molecule has 0 aliphatic rings. The minimum atomic E-state index is -0.149. The van der Waals surface area contributed by atoms with Gasteiger partial charge in [-0.3, -0.25) is 9.69 Å². The molecule has 1 aromatic heterocycles. The van der Waals surface area contributed by atoms with Gasteiger partial charge < -0.3 is 14.6 Å². The number of benzene rings is 2. The van der Waals surface area contributed by atoms with Crippen LogP contribution in [-0.4, -0.2) is 41.1 Å². The van der Waals surface area contributed by atoms with Gasteiger partial charge in [-0.25, -0.2) is 0 Å². The maximum absolute atomic E-state index is 12.4. The standard InChI is InChI=1S/C20H21ClN4O3/c1-3-25(12-18(26)22-16-6-4-5-7-17(16)27-2)13-19-23-20(24-28-19)14-8-10-15(21)11-9-14/h4-11H,3,12-13H2,1-2H3,(H,22,26). The van der Waals surface area contributed by atoms with E-state index in [0.29, 0.717) is 41.3 Å². The maximum atomic E-state index is 12.4. The number of hydrogen-bond acceptors (Lipinski definition) is 6. The quantitative estimate of drug-likeness (QED) is 0.618. The summed E-state index contributed by atoms with van der Waals surface area (Å²) in [5, 5.41) is 7.51. The van der Waals surface area contributed by atoms with Crippen molar-refractivity contribution < 1.29 is 14.1 Å². The molecule has 0 spiro atoms. The topological polar surface area (TPSA) is 80.5 Å². The van der Waals surface area contributed by atoms with E-state index in [1.807, 2.05) is 36.1 Å². The van der Waals surface area contributed by atoms with Crippen LogP contribution in [0, 0.1) is 0 Å². The third-order valence-electron chi connectivity index (χ3n) is 4.12. The van der Waals surface area contributed by atoms with Crippen molar-refractivity contribution in [3.05, 3.63) is 59.4 Å². The van der Waals surface area contributed by atoms with E-state index in [2.05, 4.69) is 15.5 Å². The van der Waals surface area contributed by atoms with Crippen molar-refractivity contribution >= 4 is 23.2 Å². The lowest BCUT2D eigenvalue weighted by molar-refractivity contribution is -0.117. The summed E-state index contributed by atoms with van der Waals surface area (Å²) in [6, 6.07) is 14.5. The van der Waals surface area contributed by atoms with E-state index in [9.17, 15) is 4.79 Å². The molecule has 2 aromatic carbocycles. The molecular formula is C20H21ClN4O3. The van der Waals surface area contributed by atoms with Crippen molar-refractivity contribution in [3.8, 4) is 17.1 Å². The summed E-state index contributed by atoms with van der Waals surface area (Å²) in [7, 11) is 1.57. The predicted molar refractivity (Wildman–Crippen MR) is 107 cm³/mol. The first-order valence-electron chi connectivity index (χ1n) is 8.82. The Labute approximate surface area is 168 Å². The van der Waals surface area contributed by atoms with Crippen molar-refractivity contribution in [3.63, 3.8) is 0 Å². The molecule has 0 radical (unpaired) electrons.